The molecule has 0 radical (unpaired) electrons. The van der Waals surface area contributed by atoms with Crippen LogP contribution in [-0.4, -0.2) is 15.9 Å². The Morgan fingerprint density at radius 3 is 2.60 bits per heavy atom. The van der Waals surface area contributed by atoms with Gasteiger partial charge in [0.2, 0.25) is 5.88 Å². The average molecular weight is 369 g/mol. The van der Waals surface area contributed by atoms with Crippen LogP contribution in [0.15, 0.2) is 53.5 Å². The molecular weight excluding hydrogens is 348 g/mol. The minimum atomic E-state index is -0.0344. The molecule has 25 heavy (non-hydrogen) atoms. The summed E-state index contributed by atoms with van der Waals surface area (Å²) in [4.78, 5) is 5.22. The van der Waals surface area contributed by atoms with Gasteiger partial charge in [-0.2, -0.15) is 0 Å². The zero-order valence-corrected chi connectivity index (χ0v) is 16.1. The van der Waals surface area contributed by atoms with Crippen LogP contribution in [0.1, 0.15) is 34.5 Å². The number of thiazole rings is 1. The van der Waals surface area contributed by atoms with Gasteiger partial charge in [-0.3, -0.25) is 9.56 Å². The lowest BCUT2D eigenvalue weighted by Gasteiger charge is -2.14. The molecule has 0 amide bonds. The van der Waals surface area contributed by atoms with Crippen molar-refractivity contribution in [2.24, 2.45) is 4.99 Å². The van der Waals surface area contributed by atoms with Gasteiger partial charge in [0.1, 0.15) is 4.88 Å². The van der Waals surface area contributed by atoms with Gasteiger partial charge in [-0.1, -0.05) is 53.8 Å². The molecule has 0 aliphatic carbocycles. The van der Waals surface area contributed by atoms with Crippen molar-refractivity contribution in [2.75, 3.05) is 0 Å². The van der Waals surface area contributed by atoms with Crippen molar-refractivity contribution in [3.05, 3.63) is 74.1 Å². The predicted molar refractivity (Wildman–Crippen MR) is 108 cm³/mol. The Kier molecular flexibility index (Phi) is 5.16. The Hall–Kier alpha value is -2.24. The first-order valence-corrected chi connectivity index (χ1v) is 9.30. The van der Waals surface area contributed by atoms with E-state index in [0.717, 1.165) is 22.4 Å². The molecule has 0 aliphatic rings. The van der Waals surface area contributed by atoms with E-state index in [1.54, 1.807) is 10.8 Å². The van der Waals surface area contributed by atoms with Gasteiger partial charge in [0.05, 0.1) is 17.9 Å². The van der Waals surface area contributed by atoms with E-state index in [1.807, 2.05) is 63.2 Å². The summed E-state index contributed by atoms with van der Waals surface area (Å²) < 4.78 is 2.41. The van der Waals surface area contributed by atoms with Crippen LogP contribution in [0.2, 0.25) is 0 Å². The van der Waals surface area contributed by atoms with E-state index in [2.05, 4.69) is 11.1 Å². The molecule has 1 aromatic heterocycles. The SMILES string of the molecule is Cc1ccc(C)c(N=Cc2sc(=S)n(C(C)c3ccccc3)c2O)c1. The summed E-state index contributed by atoms with van der Waals surface area (Å²) in [7, 11) is 0. The van der Waals surface area contributed by atoms with Gasteiger partial charge >= 0.3 is 0 Å². The Labute approximate surface area is 156 Å². The maximum absolute atomic E-state index is 10.7. The Balaban J connectivity index is 1.96. The lowest BCUT2D eigenvalue weighted by atomic mass is 10.1. The van der Waals surface area contributed by atoms with Crippen molar-refractivity contribution < 1.29 is 5.11 Å². The van der Waals surface area contributed by atoms with E-state index >= 15 is 0 Å². The van der Waals surface area contributed by atoms with Crippen LogP contribution in [0.4, 0.5) is 5.69 Å². The molecule has 5 heteroatoms. The van der Waals surface area contributed by atoms with Gasteiger partial charge in [-0.05, 0) is 55.7 Å². The normalized spacial score (nSPS) is 12.6. The molecule has 1 atom stereocenters. The second kappa shape index (κ2) is 7.33. The van der Waals surface area contributed by atoms with E-state index < -0.39 is 0 Å². The highest BCUT2D eigenvalue weighted by Crippen LogP contribution is 2.32. The number of aryl methyl sites for hydroxylation is 2. The summed E-state index contributed by atoms with van der Waals surface area (Å²) in [5, 5.41) is 10.7. The molecule has 1 heterocycles. The predicted octanol–water partition coefficient (Wildman–Crippen LogP) is 5.96. The molecule has 0 aliphatic heterocycles. The highest BCUT2D eigenvalue weighted by atomic mass is 32.1. The second-order valence-electron chi connectivity index (χ2n) is 6.06. The molecule has 1 N–H and O–H groups in total. The number of hydrogen-bond acceptors (Lipinski definition) is 4. The quantitative estimate of drug-likeness (QED) is 0.455. The maximum Gasteiger partial charge on any atom is 0.212 e. The zero-order valence-electron chi connectivity index (χ0n) is 14.4. The third-order valence-corrected chi connectivity index (χ3v) is 5.52. The molecule has 3 rings (SSSR count). The summed E-state index contributed by atoms with van der Waals surface area (Å²) in [6.07, 6.45) is 1.70. The topological polar surface area (TPSA) is 37.5 Å². The minimum Gasteiger partial charge on any atom is -0.493 e. The zero-order chi connectivity index (χ0) is 18.0. The summed E-state index contributed by atoms with van der Waals surface area (Å²) in [5.41, 5.74) is 4.26. The van der Waals surface area contributed by atoms with Crippen molar-refractivity contribution in [1.82, 2.24) is 4.57 Å². The maximum atomic E-state index is 10.7. The number of benzene rings is 2. The molecule has 1 unspecified atom stereocenters. The first kappa shape index (κ1) is 17.6. The monoisotopic (exact) mass is 368 g/mol. The van der Waals surface area contributed by atoms with E-state index in [4.69, 9.17) is 12.2 Å². The van der Waals surface area contributed by atoms with E-state index in [0.29, 0.717) is 8.83 Å². The molecule has 2 aromatic carbocycles. The van der Waals surface area contributed by atoms with E-state index in [9.17, 15) is 5.11 Å². The molecule has 3 aromatic rings. The summed E-state index contributed by atoms with van der Waals surface area (Å²) in [5.74, 6) is 0.167. The Morgan fingerprint density at radius 1 is 1.16 bits per heavy atom. The summed E-state index contributed by atoms with van der Waals surface area (Å²) in [6, 6.07) is 16.1. The summed E-state index contributed by atoms with van der Waals surface area (Å²) >= 11 is 6.85. The molecule has 3 nitrogen and oxygen atoms in total. The smallest absolute Gasteiger partial charge is 0.212 e. The van der Waals surface area contributed by atoms with Crippen molar-refractivity contribution in [2.45, 2.75) is 26.8 Å². The molecule has 128 valence electrons. The van der Waals surface area contributed by atoms with Gasteiger partial charge in [0, 0.05) is 0 Å². The third-order valence-electron chi connectivity index (χ3n) is 4.20. The van der Waals surface area contributed by atoms with Crippen LogP contribution in [-0.2, 0) is 0 Å². The van der Waals surface area contributed by atoms with Gasteiger partial charge in [0.15, 0.2) is 3.95 Å². The van der Waals surface area contributed by atoms with Crippen LogP contribution >= 0.6 is 23.6 Å². The van der Waals surface area contributed by atoms with Crippen molar-refractivity contribution in [3.8, 4) is 5.88 Å². The Morgan fingerprint density at radius 2 is 1.88 bits per heavy atom. The van der Waals surface area contributed by atoms with Crippen molar-refractivity contribution in [1.29, 1.82) is 0 Å². The first-order valence-electron chi connectivity index (χ1n) is 8.08. The highest BCUT2D eigenvalue weighted by molar-refractivity contribution is 7.73. The van der Waals surface area contributed by atoms with Crippen LogP contribution in [0.5, 0.6) is 5.88 Å². The number of aromatic nitrogens is 1. The van der Waals surface area contributed by atoms with Gasteiger partial charge in [-0.15, -0.1) is 0 Å². The Bertz CT molecular complexity index is 971. The largest absolute Gasteiger partial charge is 0.493 e. The highest BCUT2D eigenvalue weighted by Gasteiger charge is 2.17. The minimum absolute atomic E-state index is 0.0344. The first-order chi connectivity index (χ1) is 12.0. The molecule has 0 saturated carbocycles. The van der Waals surface area contributed by atoms with Gasteiger partial charge < -0.3 is 5.11 Å². The number of aromatic hydroxyl groups is 1. The lowest BCUT2D eigenvalue weighted by molar-refractivity contribution is 0.405. The molecule has 0 saturated heterocycles. The van der Waals surface area contributed by atoms with Crippen LogP contribution < -0.4 is 0 Å². The lowest BCUT2D eigenvalue weighted by Crippen LogP contribution is -2.06. The number of rotatable bonds is 4. The second-order valence-corrected chi connectivity index (χ2v) is 7.74. The van der Waals surface area contributed by atoms with Crippen LogP contribution in [0, 0.1) is 17.8 Å². The fraction of sp³-hybridized carbons (Fsp3) is 0.200. The molecule has 0 spiro atoms. The number of nitrogens with zero attached hydrogens (tertiary/aromatic N) is 2. The molecule has 0 fully saturated rings. The summed E-state index contributed by atoms with van der Waals surface area (Å²) in [6.45, 7) is 6.09. The third kappa shape index (κ3) is 3.72. The number of hydrogen-bond donors (Lipinski definition) is 1. The van der Waals surface area contributed by atoms with Crippen molar-refractivity contribution in [3.63, 3.8) is 0 Å². The standard InChI is InChI=1S/C20H20N2OS2/c1-13-9-10-14(2)17(11-13)21-12-18-19(23)22(20(24)25-18)15(3)16-7-5-4-6-8-16/h4-12,15,23H,1-3H3. The fourth-order valence-corrected chi connectivity index (χ4v) is 4.03. The van der Waals surface area contributed by atoms with E-state index in [1.165, 1.54) is 11.3 Å². The van der Waals surface area contributed by atoms with Crippen molar-refractivity contribution >= 4 is 35.5 Å². The van der Waals surface area contributed by atoms with E-state index in [-0.39, 0.29) is 11.9 Å². The average Bonchev–Trinajstić information content (AvgIpc) is 2.89. The number of aliphatic imine (C=N–C) groups is 1. The molecular formula is C20H20N2OS2. The van der Waals surface area contributed by atoms with Crippen LogP contribution in [0.3, 0.4) is 0 Å². The van der Waals surface area contributed by atoms with Crippen LogP contribution in [0.25, 0.3) is 0 Å². The van der Waals surface area contributed by atoms with Gasteiger partial charge in [-0.25, -0.2) is 0 Å². The fourth-order valence-electron chi connectivity index (χ4n) is 2.69. The molecule has 0 bridgehead atoms. The van der Waals surface area contributed by atoms with Gasteiger partial charge in [0.25, 0.3) is 0 Å².